The number of carbonyl (C=O) groups excluding carboxylic acids is 1. The lowest BCUT2D eigenvalue weighted by Crippen LogP contribution is -2.44. The lowest BCUT2D eigenvalue weighted by molar-refractivity contribution is 0.0985. The fourth-order valence-corrected chi connectivity index (χ4v) is 4.27. The van der Waals surface area contributed by atoms with Gasteiger partial charge in [-0.25, -0.2) is 0 Å². The molecule has 2 aliphatic heterocycles. The number of benzene rings is 2. The monoisotopic (exact) mass is 377 g/mol. The summed E-state index contributed by atoms with van der Waals surface area (Å²) in [5.74, 6) is 0.0923. The van der Waals surface area contributed by atoms with Crippen LogP contribution in [0.2, 0.25) is 0 Å². The van der Waals surface area contributed by atoms with Gasteiger partial charge in [-0.2, -0.15) is 0 Å². The molecule has 1 atom stereocenters. The summed E-state index contributed by atoms with van der Waals surface area (Å²) in [4.78, 5) is 17.8. The molecule has 0 spiro atoms. The van der Waals surface area contributed by atoms with Crippen LogP contribution in [0.15, 0.2) is 36.4 Å². The van der Waals surface area contributed by atoms with Crippen molar-refractivity contribution in [2.24, 2.45) is 0 Å². The Morgan fingerprint density at radius 1 is 1.04 bits per heavy atom. The number of nitrogens with one attached hydrogen (secondary N) is 1. The molecule has 0 aromatic heterocycles. The summed E-state index contributed by atoms with van der Waals surface area (Å²) < 4.78 is 0. The molecule has 1 N–H and O–H groups in total. The number of nitrogens with zero attached hydrogens (tertiary/aromatic N) is 2. The number of piperidine rings is 1. The Balaban J connectivity index is 1.61. The minimum atomic E-state index is 0.0923. The molecule has 4 heteroatoms. The van der Waals surface area contributed by atoms with Gasteiger partial charge in [-0.05, 0) is 87.1 Å². The molecule has 2 aliphatic rings. The summed E-state index contributed by atoms with van der Waals surface area (Å²) >= 11 is 0. The number of hydrogen-bond acceptors (Lipinski definition) is 3. The van der Waals surface area contributed by atoms with Gasteiger partial charge < -0.3 is 15.1 Å². The van der Waals surface area contributed by atoms with Crippen LogP contribution < -0.4 is 15.1 Å². The van der Waals surface area contributed by atoms with Gasteiger partial charge in [-0.3, -0.25) is 4.79 Å². The van der Waals surface area contributed by atoms with E-state index in [0.29, 0.717) is 6.54 Å². The predicted octanol–water partition coefficient (Wildman–Crippen LogP) is 5.14. The third kappa shape index (κ3) is 3.60. The first-order valence-electron chi connectivity index (χ1n) is 10.6. The Morgan fingerprint density at radius 2 is 1.71 bits per heavy atom. The smallest absolute Gasteiger partial charge is 0.258 e. The number of hydrogen-bond donors (Lipinski definition) is 1. The molecule has 1 fully saturated rings. The first-order valence-corrected chi connectivity index (χ1v) is 10.6. The highest BCUT2D eigenvalue weighted by Crippen LogP contribution is 2.35. The van der Waals surface area contributed by atoms with Crippen LogP contribution in [0.4, 0.5) is 17.1 Å². The highest BCUT2D eigenvalue weighted by Gasteiger charge is 2.28. The van der Waals surface area contributed by atoms with E-state index >= 15 is 0 Å². The third-order valence-corrected chi connectivity index (χ3v) is 6.24. The number of anilines is 3. The molecule has 0 saturated carbocycles. The molecule has 148 valence electrons. The topological polar surface area (TPSA) is 35.6 Å². The molecule has 1 saturated heterocycles. The van der Waals surface area contributed by atoms with E-state index in [9.17, 15) is 4.79 Å². The minimum Gasteiger partial charge on any atom is -0.379 e. The maximum atomic E-state index is 13.4. The van der Waals surface area contributed by atoms with Gasteiger partial charge in [0.1, 0.15) is 0 Å². The van der Waals surface area contributed by atoms with E-state index in [2.05, 4.69) is 55.3 Å². The maximum absolute atomic E-state index is 13.4. The summed E-state index contributed by atoms with van der Waals surface area (Å²) in [7, 11) is 0. The molecule has 1 amide bonds. The van der Waals surface area contributed by atoms with Crippen molar-refractivity contribution in [1.82, 2.24) is 0 Å². The fourth-order valence-electron chi connectivity index (χ4n) is 4.27. The Kier molecular flexibility index (Phi) is 5.29. The summed E-state index contributed by atoms with van der Waals surface area (Å²) in [5.41, 5.74) is 6.53. The van der Waals surface area contributed by atoms with Gasteiger partial charge in [-0.15, -0.1) is 0 Å². The molecule has 0 aliphatic carbocycles. The van der Waals surface area contributed by atoms with Gasteiger partial charge in [0.05, 0.1) is 11.4 Å². The zero-order valence-electron chi connectivity index (χ0n) is 17.3. The highest BCUT2D eigenvalue weighted by molar-refractivity contribution is 6.08. The van der Waals surface area contributed by atoms with Gasteiger partial charge in [0, 0.05) is 36.9 Å². The number of rotatable bonds is 3. The maximum Gasteiger partial charge on any atom is 0.258 e. The largest absolute Gasteiger partial charge is 0.379 e. The Labute approximate surface area is 168 Å². The normalized spacial score (nSPS) is 19.2. The summed E-state index contributed by atoms with van der Waals surface area (Å²) in [6.07, 6.45) is 4.84. The molecule has 1 unspecified atom stereocenters. The van der Waals surface area contributed by atoms with E-state index in [1.54, 1.807) is 0 Å². The molecular weight excluding hydrogens is 346 g/mol. The number of carbonyl (C=O) groups is 1. The Bertz CT molecular complexity index is 853. The number of aryl methyl sites for hydroxylation is 2. The molecule has 0 bridgehead atoms. The second kappa shape index (κ2) is 7.86. The second-order valence-corrected chi connectivity index (χ2v) is 8.21. The zero-order valence-corrected chi connectivity index (χ0v) is 17.3. The van der Waals surface area contributed by atoms with Crippen molar-refractivity contribution in [2.45, 2.75) is 52.5 Å². The minimum absolute atomic E-state index is 0.0923. The van der Waals surface area contributed by atoms with Crippen molar-refractivity contribution in [2.75, 3.05) is 34.8 Å². The second-order valence-electron chi connectivity index (χ2n) is 8.21. The summed E-state index contributed by atoms with van der Waals surface area (Å²) in [5, 5.41) is 3.60. The highest BCUT2D eigenvalue weighted by atomic mass is 16.2. The van der Waals surface area contributed by atoms with Crippen molar-refractivity contribution in [1.29, 1.82) is 0 Å². The molecule has 2 aromatic carbocycles. The van der Waals surface area contributed by atoms with E-state index in [1.807, 2.05) is 17.0 Å². The molecule has 0 radical (unpaired) electrons. The quantitative estimate of drug-likeness (QED) is 0.804. The van der Waals surface area contributed by atoms with Gasteiger partial charge >= 0.3 is 0 Å². The van der Waals surface area contributed by atoms with E-state index in [-0.39, 0.29) is 11.9 Å². The van der Waals surface area contributed by atoms with Crippen LogP contribution in [-0.2, 0) is 0 Å². The molecular formula is C24H31N3O. The van der Waals surface area contributed by atoms with Crippen molar-refractivity contribution >= 4 is 23.0 Å². The third-order valence-electron chi connectivity index (χ3n) is 6.24. The van der Waals surface area contributed by atoms with Crippen molar-refractivity contribution in [3.05, 3.63) is 53.1 Å². The van der Waals surface area contributed by atoms with Gasteiger partial charge in [-0.1, -0.05) is 6.92 Å². The SMILES string of the molecule is CCC1CN(C(=O)c2ccc(N3CCCCC3)cc2)c2cc(C)c(C)cc2N1. The Hall–Kier alpha value is -2.49. The van der Waals surface area contributed by atoms with Crippen LogP contribution in [0, 0.1) is 13.8 Å². The van der Waals surface area contributed by atoms with Crippen LogP contribution in [0.5, 0.6) is 0 Å². The molecule has 2 aromatic rings. The van der Waals surface area contributed by atoms with Gasteiger partial charge in [0.15, 0.2) is 0 Å². The van der Waals surface area contributed by atoms with Crippen LogP contribution >= 0.6 is 0 Å². The summed E-state index contributed by atoms with van der Waals surface area (Å²) in [6, 6.07) is 12.8. The van der Waals surface area contributed by atoms with Crippen molar-refractivity contribution in [3.63, 3.8) is 0 Å². The standard InChI is InChI=1S/C24H31N3O/c1-4-20-16-27(23-15-18(3)17(2)14-22(23)25-20)24(28)19-8-10-21(11-9-19)26-12-6-5-7-13-26/h8-11,14-15,20,25H,4-7,12-13,16H2,1-3H3. The van der Waals surface area contributed by atoms with E-state index in [1.165, 1.54) is 36.1 Å². The van der Waals surface area contributed by atoms with Gasteiger partial charge in [0.25, 0.3) is 5.91 Å². The van der Waals surface area contributed by atoms with Crippen LogP contribution in [0.1, 0.15) is 54.1 Å². The number of amides is 1. The average molecular weight is 378 g/mol. The van der Waals surface area contributed by atoms with E-state index < -0.39 is 0 Å². The van der Waals surface area contributed by atoms with E-state index in [4.69, 9.17) is 0 Å². The predicted molar refractivity (Wildman–Crippen MR) is 118 cm³/mol. The van der Waals surface area contributed by atoms with Crippen LogP contribution in [0.25, 0.3) is 0 Å². The number of fused-ring (bicyclic) bond motifs is 1. The lowest BCUT2D eigenvalue weighted by atomic mass is 10.0. The molecule has 2 heterocycles. The molecule has 28 heavy (non-hydrogen) atoms. The Morgan fingerprint density at radius 3 is 2.39 bits per heavy atom. The van der Waals surface area contributed by atoms with E-state index in [0.717, 1.165) is 36.4 Å². The average Bonchev–Trinajstić information content (AvgIpc) is 2.74. The zero-order chi connectivity index (χ0) is 19.7. The van der Waals surface area contributed by atoms with Crippen molar-refractivity contribution < 1.29 is 4.79 Å². The molecule has 4 rings (SSSR count). The van der Waals surface area contributed by atoms with Crippen LogP contribution in [-0.4, -0.2) is 31.6 Å². The first kappa shape index (κ1) is 18.9. The fraction of sp³-hybridized carbons (Fsp3) is 0.458. The first-order chi connectivity index (χ1) is 13.6. The summed E-state index contributed by atoms with van der Waals surface area (Å²) in [6.45, 7) is 9.35. The molecule has 4 nitrogen and oxygen atoms in total. The van der Waals surface area contributed by atoms with Crippen molar-refractivity contribution in [3.8, 4) is 0 Å². The lowest BCUT2D eigenvalue weighted by Gasteiger charge is -2.36. The van der Waals surface area contributed by atoms with Crippen LogP contribution in [0.3, 0.4) is 0 Å². The van der Waals surface area contributed by atoms with Gasteiger partial charge in [0.2, 0.25) is 0 Å².